The van der Waals surface area contributed by atoms with Gasteiger partial charge in [-0.3, -0.25) is 4.79 Å². The average Bonchev–Trinajstić information content (AvgIpc) is 2.38. The van der Waals surface area contributed by atoms with Crippen LogP contribution in [0.2, 0.25) is 0 Å². The number of aliphatic carboxylic acids is 1. The zero-order valence-electron chi connectivity index (χ0n) is 12.0. The van der Waals surface area contributed by atoms with Crippen molar-refractivity contribution < 1.29 is 23.1 Å². The molecule has 0 spiro atoms. The molecule has 0 aromatic heterocycles. The molecule has 7 heteroatoms. The van der Waals surface area contributed by atoms with Gasteiger partial charge in [0.15, 0.2) is 0 Å². The molecule has 1 aromatic rings. The third kappa shape index (κ3) is 3.10. The standard InChI is InChI=1S/C13H19NO5S/c1-5-19-10-6-8-11(9-7-10)20(17,18)14(4)13(2,3)12(15)16/h6-9H,5H2,1-4H3,(H,15,16). The van der Waals surface area contributed by atoms with E-state index >= 15 is 0 Å². The van der Waals surface area contributed by atoms with E-state index < -0.39 is 21.5 Å². The molecular weight excluding hydrogens is 282 g/mol. The van der Waals surface area contributed by atoms with Crippen molar-refractivity contribution in [2.45, 2.75) is 31.2 Å². The zero-order valence-corrected chi connectivity index (χ0v) is 12.8. The summed E-state index contributed by atoms with van der Waals surface area (Å²) >= 11 is 0. The highest BCUT2D eigenvalue weighted by Crippen LogP contribution is 2.24. The first kappa shape index (κ1) is 16.5. The van der Waals surface area contributed by atoms with Crippen LogP contribution in [0.5, 0.6) is 5.75 Å². The molecule has 0 aliphatic carbocycles. The molecular formula is C13H19NO5S. The van der Waals surface area contributed by atoms with Gasteiger partial charge in [0.2, 0.25) is 10.0 Å². The van der Waals surface area contributed by atoms with Gasteiger partial charge >= 0.3 is 5.97 Å². The van der Waals surface area contributed by atoms with E-state index in [9.17, 15) is 13.2 Å². The summed E-state index contributed by atoms with van der Waals surface area (Å²) in [6.07, 6.45) is 0. The van der Waals surface area contributed by atoms with Crippen LogP contribution in [0, 0.1) is 0 Å². The average molecular weight is 301 g/mol. The SMILES string of the molecule is CCOc1ccc(S(=O)(=O)N(C)C(C)(C)C(=O)O)cc1. The monoisotopic (exact) mass is 301 g/mol. The lowest BCUT2D eigenvalue weighted by molar-refractivity contribution is -0.145. The van der Waals surface area contributed by atoms with E-state index in [1.54, 1.807) is 0 Å². The van der Waals surface area contributed by atoms with Crippen molar-refractivity contribution in [1.82, 2.24) is 4.31 Å². The number of benzene rings is 1. The molecule has 1 N–H and O–H groups in total. The summed E-state index contributed by atoms with van der Waals surface area (Å²) in [7, 11) is -2.63. The van der Waals surface area contributed by atoms with Crippen molar-refractivity contribution >= 4 is 16.0 Å². The molecule has 20 heavy (non-hydrogen) atoms. The molecule has 0 bridgehead atoms. The highest BCUT2D eigenvalue weighted by atomic mass is 32.2. The van der Waals surface area contributed by atoms with Crippen LogP contribution in [0.25, 0.3) is 0 Å². The summed E-state index contributed by atoms with van der Waals surface area (Å²) in [4.78, 5) is 11.2. The van der Waals surface area contributed by atoms with Crippen LogP contribution in [0.15, 0.2) is 29.2 Å². The van der Waals surface area contributed by atoms with E-state index in [4.69, 9.17) is 9.84 Å². The van der Waals surface area contributed by atoms with Gasteiger partial charge in [-0.25, -0.2) is 8.42 Å². The molecule has 6 nitrogen and oxygen atoms in total. The molecule has 0 saturated carbocycles. The molecule has 0 amide bonds. The minimum Gasteiger partial charge on any atom is -0.494 e. The van der Waals surface area contributed by atoms with E-state index in [0.29, 0.717) is 12.4 Å². The minimum atomic E-state index is -3.88. The number of hydrogen-bond donors (Lipinski definition) is 1. The maximum absolute atomic E-state index is 12.4. The van der Waals surface area contributed by atoms with Gasteiger partial charge in [-0.2, -0.15) is 4.31 Å². The first-order chi connectivity index (χ1) is 9.14. The number of hydrogen-bond acceptors (Lipinski definition) is 4. The van der Waals surface area contributed by atoms with Crippen LogP contribution in [-0.2, 0) is 14.8 Å². The zero-order chi connectivity index (χ0) is 15.6. The van der Waals surface area contributed by atoms with Gasteiger partial charge in [-0.15, -0.1) is 0 Å². The second-order valence-electron chi connectivity index (χ2n) is 4.74. The van der Waals surface area contributed by atoms with Gasteiger partial charge in [0.25, 0.3) is 0 Å². The molecule has 0 aliphatic heterocycles. The van der Waals surface area contributed by atoms with Crippen molar-refractivity contribution in [2.75, 3.05) is 13.7 Å². The van der Waals surface area contributed by atoms with Crippen LogP contribution in [-0.4, -0.2) is 43.0 Å². The predicted octanol–water partition coefficient (Wildman–Crippen LogP) is 1.57. The van der Waals surface area contributed by atoms with Gasteiger partial charge in [0.1, 0.15) is 11.3 Å². The topological polar surface area (TPSA) is 83.9 Å². The molecule has 0 unspecified atom stereocenters. The molecule has 112 valence electrons. The molecule has 0 atom stereocenters. The summed E-state index contributed by atoms with van der Waals surface area (Å²) in [5.41, 5.74) is -1.53. The Balaban J connectivity index is 3.13. The lowest BCUT2D eigenvalue weighted by atomic mass is 10.1. The third-order valence-electron chi connectivity index (χ3n) is 3.10. The Kier molecular flexibility index (Phi) is 4.77. The smallest absolute Gasteiger partial charge is 0.324 e. The Morgan fingerprint density at radius 3 is 2.20 bits per heavy atom. The molecule has 1 rings (SSSR count). The number of carbonyl (C=O) groups is 1. The second-order valence-corrected chi connectivity index (χ2v) is 6.71. The molecule has 0 heterocycles. The number of sulfonamides is 1. The number of rotatable bonds is 6. The van der Waals surface area contributed by atoms with Gasteiger partial charge in [-0.05, 0) is 45.0 Å². The number of ether oxygens (including phenoxy) is 1. The van der Waals surface area contributed by atoms with Crippen molar-refractivity contribution in [1.29, 1.82) is 0 Å². The Bertz CT molecular complexity index is 577. The van der Waals surface area contributed by atoms with Gasteiger partial charge < -0.3 is 9.84 Å². The quantitative estimate of drug-likeness (QED) is 0.862. The Labute approximate surface area is 119 Å². The maximum atomic E-state index is 12.4. The molecule has 0 saturated heterocycles. The van der Waals surface area contributed by atoms with Gasteiger partial charge in [0.05, 0.1) is 11.5 Å². The Hall–Kier alpha value is -1.60. The van der Waals surface area contributed by atoms with E-state index in [2.05, 4.69) is 0 Å². The van der Waals surface area contributed by atoms with E-state index in [0.717, 1.165) is 4.31 Å². The Morgan fingerprint density at radius 2 is 1.80 bits per heavy atom. The van der Waals surface area contributed by atoms with Crippen LogP contribution >= 0.6 is 0 Å². The summed E-state index contributed by atoms with van der Waals surface area (Å²) in [5, 5.41) is 9.11. The van der Waals surface area contributed by atoms with Crippen molar-refractivity contribution in [2.24, 2.45) is 0 Å². The largest absolute Gasteiger partial charge is 0.494 e. The number of nitrogens with zero attached hydrogens (tertiary/aromatic N) is 1. The first-order valence-electron chi connectivity index (χ1n) is 6.09. The van der Waals surface area contributed by atoms with Gasteiger partial charge in [0, 0.05) is 7.05 Å². The third-order valence-corrected chi connectivity index (χ3v) is 5.15. The highest BCUT2D eigenvalue weighted by molar-refractivity contribution is 7.89. The van der Waals surface area contributed by atoms with E-state index in [1.807, 2.05) is 6.92 Å². The molecule has 0 aliphatic rings. The fraction of sp³-hybridized carbons (Fsp3) is 0.462. The lowest BCUT2D eigenvalue weighted by Crippen LogP contribution is -2.50. The summed E-state index contributed by atoms with van der Waals surface area (Å²) in [5.74, 6) is -0.652. The maximum Gasteiger partial charge on any atom is 0.324 e. The summed E-state index contributed by atoms with van der Waals surface area (Å²) in [6.45, 7) is 4.98. The van der Waals surface area contributed by atoms with Gasteiger partial charge in [-0.1, -0.05) is 0 Å². The van der Waals surface area contributed by atoms with Crippen LogP contribution in [0.4, 0.5) is 0 Å². The van der Waals surface area contributed by atoms with Crippen molar-refractivity contribution in [3.63, 3.8) is 0 Å². The Morgan fingerprint density at radius 1 is 1.30 bits per heavy atom. The fourth-order valence-corrected chi connectivity index (χ4v) is 2.94. The number of carboxylic acids is 1. The van der Waals surface area contributed by atoms with Crippen LogP contribution in [0.1, 0.15) is 20.8 Å². The lowest BCUT2D eigenvalue weighted by Gasteiger charge is -2.30. The van der Waals surface area contributed by atoms with E-state index in [-0.39, 0.29) is 4.90 Å². The second kappa shape index (κ2) is 5.80. The predicted molar refractivity (Wildman–Crippen MR) is 74.3 cm³/mol. The minimum absolute atomic E-state index is 0.0257. The van der Waals surface area contributed by atoms with Crippen molar-refractivity contribution in [3.05, 3.63) is 24.3 Å². The number of likely N-dealkylation sites (N-methyl/N-ethyl adjacent to an activating group) is 1. The summed E-state index contributed by atoms with van der Waals surface area (Å²) in [6, 6.07) is 5.87. The number of carboxylic acid groups (broad SMARTS) is 1. The molecule has 0 radical (unpaired) electrons. The van der Waals surface area contributed by atoms with Crippen LogP contribution < -0.4 is 4.74 Å². The normalized spacial score (nSPS) is 12.4. The fourth-order valence-electron chi connectivity index (χ4n) is 1.47. The first-order valence-corrected chi connectivity index (χ1v) is 7.53. The summed E-state index contributed by atoms with van der Waals surface area (Å²) < 4.78 is 30.8. The molecule has 1 aromatic carbocycles. The molecule has 0 fully saturated rings. The van der Waals surface area contributed by atoms with Crippen molar-refractivity contribution in [3.8, 4) is 5.75 Å². The van der Waals surface area contributed by atoms with E-state index in [1.165, 1.54) is 45.2 Å². The highest BCUT2D eigenvalue weighted by Gasteiger charge is 2.40. The van der Waals surface area contributed by atoms with Crippen LogP contribution in [0.3, 0.4) is 0 Å².